The lowest BCUT2D eigenvalue weighted by Crippen LogP contribution is -2.18. The molecule has 2 rings (SSSR count). The topological polar surface area (TPSA) is 99.5 Å². The number of methoxy groups -OCH3 is 1. The number of halogens is 4. The van der Waals surface area contributed by atoms with Gasteiger partial charge in [0.1, 0.15) is 20.6 Å². The lowest BCUT2D eigenvalue weighted by Gasteiger charge is -2.07. The summed E-state index contributed by atoms with van der Waals surface area (Å²) in [5.74, 6) is -2.63. The monoisotopic (exact) mass is 453 g/mol. The zero-order chi connectivity index (χ0) is 22.1. The van der Waals surface area contributed by atoms with E-state index < -0.39 is 40.4 Å². The van der Waals surface area contributed by atoms with Crippen molar-refractivity contribution in [1.82, 2.24) is 9.78 Å². The number of rotatable bonds is 5. The van der Waals surface area contributed by atoms with Crippen LogP contribution in [0.1, 0.15) is 48.7 Å². The molecule has 0 aliphatic heterocycles. The van der Waals surface area contributed by atoms with Crippen LogP contribution in [0.15, 0.2) is 0 Å². The number of carbonyl (C=O) groups is 3. The van der Waals surface area contributed by atoms with Crippen molar-refractivity contribution in [2.24, 2.45) is 7.05 Å². The van der Waals surface area contributed by atoms with Crippen LogP contribution in [-0.2, 0) is 22.7 Å². The number of amides is 1. The summed E-state index contributed by atoms with van der Waals surface area (Å²) < 4.78 is 49.1. The fourth-order valence-electron chi connectivity index (χ4n) is 2.43. The summed E-state index contributed by atoms with van der Waals surface area (Å²) in [5.41, 5.74) is -1.92. The summed E-state index contributed by atoms with van der Waals surface area (Å²) in [7, 11) is 2.21. The van der Waals surface area contributed by atoms with Crippen molar-refractivity contribution in [3.05, 3.63) is 32.4 Å². The molecule has 158 valence electrons. The van der Waals surface area contributed by atoms with Crippen molar-refractivity contribution in [3.63, 3.8) is 0 Å². The Morgan fingerprint density at radius 3 is 2.38 bits per heavy atom. The number of thiophene rings is 1. The van der Waals surface area contributed by atoms with Gasteiger partial charge in [0.2, 0.25) is 0 Å². The average Bonchev–Trinajstić information content (AvgIpc) is 3.10. The number of ether oxygens (including phenoxy) is 2. The fourth-order valence-corrected chi connectivity index (χ4v) is 3.87. The molecule has 0 radical (unpaired) electrons. The fraction of sp³-hybridized carbons (Fsp3) is 0.375. The maximum atomic E-state index is 13.0. The number of aromatic nitrogens is 2. The van der Waals surface area contributed by atoms with E-state index in [0.717, 1.165) is 25.5 Å². The number of esters is 2. The Bertz CT molecular complexity index is 984. The molecule has 0 fully saturated rings. The van der Waals surface area contributed by atoms with Gasteiger partial charge in [-0.25, -0.2) is 9.59 Å². The second kappa shape index (κ2) is 8.41. The minimum absolute atomic E-state index is 0.0367. The van der Waals surface area contributed by atoms with Crippen LogP contribution in [0.3, 0.4) is 0 Å². The summed E-state index contributed by atoms with van der Waals surface area (Å²) in [6.07, 6.45) is -4.86. The highest BCUT2D eigenvalue weighted by Crippen LogP contribution is 2.37. The maximum absolute atomic E-state index is 13.0. The highest BCUT2D eigenvalue weighted by molar-refractivity contribution is 7.18. The third-order valence-corrected chi connectivity index (χ3v) is 5.24. The van der Waals surface area contributed by atoms with E-state index in [0.29, 0.717) is 4.68 Å². The van der Waals surface area contributed by atoms with Crippen molar-refractivity contribution >= 4 is 45.8 Å². The first-order valence-electron chi connectivity index (χ1n) is 7.93. The van der Waals surface area contributed by atoms with E-state index in [1.165, 1.54) is 6.92 Å². The molecule has 29 heavy (non-hydrogen) atoms. The number of nitrogens with zero attached hydrogens (tertiary/aromatic N) is 2. The number of anilines is 1. The van der Waals surface area contributed by atoms with Gasteiger partial charge in [0.25, 0.3) is 5.91 Å². The Labute approximate surface area is 171 Å². The molecule has 0 atom stereocenters. The summed E-state index contributed by atoms with van der Waals surface area (Å²) in [5, 5.41) is 4.54. The Hall–Kier alpha value is -2.60. The molecule has 2 aromatic rings. The summed E-state index contributed by atoms with van der Waals surface area (Å²) >= 11 is 6.43. The van der Waals surface area contributed by atoms with E-state index in [1.54, 1.807) is 6.92 Å². The maximum Gasteiger partial charge on any atom is 0.436 e. The van der Waals surface area contributed by atoms with Crippen molar-refractivity contribution in [3.8, 4) is 0 Å². The minimum atomic E-state index is -4.86. The Kier molecular flexibility index (Phi) is 6.58. The van der Waals surface area contributed by atoms with E-state index in [-0.39, 0.29) is 27.6 Å². The van der Waals surface area contributed by atoms with Crippen LogP contribution >= 0.6 is 22.9 Å². The van der Waals surface area contributed by atoms with Crippen molar-refractivity contribution in [1.29, 1.82) is 0 Å². The van der Waals surface area contributed by atoms with E-state index in [1.807, 2.05) is 0 Å². The lowest BCUT2D eigenvalue weighted by molar-refractivity contribution is -0.141. The van der Waals surface area contributed by atoms with Crippen molar-refractivity contribution < 1.29 is 37.0 Å². The Balaban J connectivity index is 2.50. The normalized spacial score (nSPS) is 11.3. The van der Waals surface area contributed by atoms with E-state index in [9.17, 15) is 27.6 Å². The molecule has 0 saturated heterocycles. The molecule has 1 N–H and O–H groups in total. The molecule has 0 aromatic carbocycles. The predicted octanol–water partition coefficient (Wildman–Crippen LogP) is 3.68. The van der Waals surface area contributed by atoms with Crippen LogP contribution in [0.4, 0.5) is 18.2 Å². The smallest absolute Gasteiger partial charge is 0.436 e. The third kappa shape index (κ3) is 4.37. The highest BCUT2D eigenvalue weighted by Gasteiger charge is 2.40. The van der Waals surface area contributed by atoms with Gasteiger partial charge in [0, 0.05) is 7.05 Å². The van der Waals surface area contributed by atoms with Gasteiger partial charge in [0.05, 0.1) is 19.3 Å². The average molecular weight is 454 g/mol. The standard InChI is InChI=1S/C16H15ClF3N3O5S/c1-5-28-15(26)10-6(2)7(14(25)27-4)13(29-10)21-12(24)9-8(17)11(16(18,19)20)22-23(9)3/h5H2,1-4H3,(H,21,24). The molecule has 0 saturated carbocycles. The largest absolute Gasteiger partial charge is 0.465 e. The molecule has 13 heteroatoms. The van der Waals surface area contributed by atoms with E-state index >= 15 is 0 Å². The highest BCUT2D eigenvalue weighted by atomic mass is 35.5. The second-order valence-electron chi connectivity index (χ2n) is 5.56. The summed E-state index contributed by atoms with van der Waals surface area (Å²) in [6.45, 7) is 3.12. The number of aryl methyl sites for hydroxylation is 1. The molecule has 0 unspecified atom stereocenters. The number of nitrogens with one attached hydrogen (secondary N) is 1. The molecular formula is C16H15ClF3N3O5S. The van der Waals surface area contributed by atoms with Crippen molar-refractivity contribution in [2.45, 2.75) is 20.0 Å². The van der Waals surface area contributed by atoms with Gasteiger partial charge in [-0.2, -0.15) is 18.3 Å². The molecule has 2 aromatic heterocycles. The van der Waals surface area contributed by atoms with Gasteiger partial charge in [-0.15, -0.1) is 11.3 Å². The number of alkyl halides is 3. The quantitative estimate of drug-likeness (QED) is 0.693. The van der Waals surface area contributed by atoms with E-state index in [2.05, 4.69) is 15.2 Å². The Morgan fingerprint density at radius 1 is 1.28 bits per heavy atom. The van der Waals surface area contributed by atoms with Gasteiger partial charge < -0.3 is 14.8 Å². The zero-order valence-corrected chi connectivity index (χ0v) is 17.1. The third-order valence-electron chi connectivity index (χ3n) is 3.70. The van der Waals surface area contributed by atoms with Crippen LogP contribution in [0.25, 0.3) is 0 Å². The van der Waals surface area contributed by atoms with Crippen LogP contribution in [0.5, 0.6) is 0 Å². The predicted molar refractivity (Wildman–Crippen MR) is 97.5 cm³/mol. The van der Waals surface area contributed by atoms with Gasteiger partial charge in [-0.05, 0) is 19.4 Å². The van der Waals surface area contributed by atoms with E-state index in [4.69, 9.17) is 16.3 Å². The van der Waals surface area contributed by atoms with Crippen LogP contribution in [-0.4, -0.2) is 41.3 Å². The minimum Gasteiger partial charge on any atom is -0.465 e. The molecule has 0 aliphatic carbocycles. The molecule has 0 bridgehead atoms. The Morgan fingerprint density at radius 2 is 1.90 bits per heavy atom. The first kappa shape index (κ1) is 22.7. The summed E-state index contributed by atoms with van der Waals surface area (Å²) in [6, 6.07) is 0. The zero-order valence-electron chi connectivity index (χ0n) is 15.6. The van der Waals surface area contributed by atoms with Gasteiger partial charge in [0.15, 0.2) is 5.69 Å². The van der Waals surface area contributed by atoms with Crippen molar-refractivity contribution in [2.75, 3.05) is 19.0 Å². The molecule has 1 amide bonds. The molecule has 2 heterocycles. The second-order valence-corrected chi connectivity index (χ2v) is 6.96. The lowest BCUT2D eigenvalue weighted by atomic mass is 10.1. The SMILES string of the molecule is CCOC(=O)c1sc(NC(=O)c2c(Cl)c(C(F)(F)F)nn2C)c(C(=O)OC)c1C. The van der Waals surface area contributed by atoms with Gasteiger partial charge >= 0.3 is 18.1 Å². The first-order chi connectivity index (χ1) is 13.4. The number of carbonyl (C=O) groups excluding carboxylic acids is 3. The number of hydrogen-bond donors (Lipinski definition) is 1. The molecule has 0 aliphatic rings. The van der Waals surface area contributed by atoms with Crippen LogP contribution in [0.2, 0.25) is 5.02 Å². The van der Waals surface area contributed by atoms with Crippen LogP contribution < -0.4 is 5.32 Å². The number of hydrogen-bond acceptors (Lipinski definition) is 7. The molecule has 0 spiro atoms. The molecule has 8 nitrogen and oxygen atoms in total. The van der Waals surface area contributed by atoms with Gasteiger partial charge in [-0.1, -0.05) is 11.6 Å². The first-order valence-corrected chi connectivity index (χ1v) is 9.13. The summed E-state index contributed by atoms with van der Waals surface area (Å²) in [4.78, 5) is 36.8. The van der Waals surface area contributed by atoms with Gasteiger partial charge in [-0.3, -0.25) is 9.48 Å². The molecular weight excluding hydrogens is 439 g/mol. The van der Waals surface area contributed by atoms with Crippen LogP contribution in [0, 0.1) is 6.92 Å².